The van der Waals surface area contributed by atoms with Crippen molar-refractivity contribution in [2.45, 2.75) is 70.3 Å². The van der Waals surface area contributed by atoms with Gasteiger partial charge in [-0.15, -0.1) is 0 Å². The zero-order chi connectivity index (χ0) is 12.3. The van der Waals surface area contributed by atoms with Crippen molar-refractivity contribution in [2.24, 2.45) is 41.2 Å². The van der Waals surface area contributed by atoms with E-state index in [0.717, 1.165) is 35.5 Å². The molecule has 2 N–H and O–H groups in total. The molecule has 102 valence electrons. The molecule has 5 aliphatic rings. The molecule has 0 aliphatic heterocycles. The normalized spacial score (nSPS) is 50.7. The van der Waals surface area contributed by atoms with Gasteiger partial charge in [0.1, 0.15) is 0 Å². The fourth-order valence-electron chi connectivity index (χ4n) is 6.70. The van der Waals surface area contributed by atoms with Crippen LogP contribution >= 0.6 is 0 Å². The molecule has 0 spiro atoms. The molecular formula is C17H29N. The molecule has 4 bridgehead atoms. The molecule has 6 unspecified atom stereocenters. The van der Waals surface area contributed by atoms with Crippen LogP contribution in [0.4, 0.5) is 0 Å². The van der Waals surface area contributed by atoms with E-state index in [1.807, 2.05) is 0 Å². The van der Waals surface area contributed by atoms with E-state index in [1.54, 1.807) is 6.42 Å². The van der Waals surface area contributed by atoms with Gasteiger partial charge in [-0.2, -0.15) is 0 Å². The highest BCUT2D eigenvalue weighted by Crippen LogP contribution is 2.64. The van der Waals surface area contributed by atoms with E-state index in [4.69, 9.17) is 5.73 Å². The summed E-state index contributed by atoms with van der Waals surface area (Å²) in [5.74, 6) is 5.90. The standard InChI is InChI=1S/C17H29N/c1-17(18,14-5-3-2-4-6-14)16-13-8-11-7-12(10-13)15(16)9-11/h11-16H,2-10,18H2,1H3. The quantitative estimate of drug-likeness (QED) is 0.785. The average molecular weight is 247 g/mol. The topological polar surface area (TPSA) is 26.0 Å². The minimum Gasteiger partial charge on any atom is -0.325 e. The molecule has 0 aromatic rings. The van der Waals surface area contributed by atoms with Crippen molar-refractivity contribution in [1.82, 2.24) is 0 Å². The Kier molecular flexibility index (Phi) is 2.60. The van der Waals surface area contributed by atoms with Gasteiger partial charge < -0.3 is 5.73 Å². The van der Waals surface area contributed by atoms with Crippen LogP contribution < -0.4 is 5.73 Å². The smallest absolute Gasteiger partial charge is 0.0188 e. The van der Waals surface area contributed by atoms with E-state index in [9.17, 15) is 0 Å². The first-order valence-electron chi connectivity index (χ1n) is 8.45. The molecule has 0 aromatic carbocycles. The average Bonchev–Trinajstić information content (AvgIpc) is 2.78. The Morgan fingerprint density at radius 1 is 0.889 bits per heavy atom. The second-order valence-corrected chi connectivity index (χ2v) is 8.22. The van der Waals surface area contributed by atoms with Crippen LogP contribution in [0.15, 0.2) is 0 Å². The van der Waals surface area contributed by atoms with Gasteiger partial charge in [0.2, 0.25) is 0 Å². The summed E-state index contributed by atoms with van der Waals surface area (Å²) >= 11 is 0. The zero-order valence-corrected chi connectivity index (χ0v) is 11.9. The molecule has 0 amide bonds. The summed E-state index contributed by atoms with van der Waals surface area (Å²) in [6.07, 6.45) is 13.3. The predicted octanol–water partition coefficient (Wildman–Crippen LogP) is 3.97. The van der Waals surface area contributed by atoms with Gasteiger partial charge in [-0.3, -0.25) is 0 Å². The van der Waals surface area contributed by atoms with Crippen molar-refractivity contribution in [3.8, 4) is 0 Å². The summed E-state index contributed by atoms with van der Waals surface area (Å²) in [5, 5.41) is 0. The van der Waals surface area contributed by atoms with E-state index in [2.05, 4.69) is 6.92 Å². The molecule has 0 radical (unpaired) electrons. The summed E-state index contributed by atoms with van der Waals surface area (Å²) in [4.78, 5) is 0. The maximum atomic E-state index is 6.97. The third-order valence-electron chi connectivity index (χ3n) is 7.26. The van der Waals surface area contributed by atoms with Crippen molar-refractivity contribution in [3.63, 3.8) is 0 Å². The first-order valence-corrected chi connectivity index (χ1v) is 8.45. The van der Waals surface area contributed by atoms with Crippen molar-refractivity contribution >= 4 is 0 Å². The van der Waals surface area contributed by atoms with E-state index >= 15 is 0 Å². The Morgan fingerprint density at radius 2 is 1.61 bits per heavy atom. The van der Waals surface area contributed by atoms with Crippen LogP contribution in [0.2, 0.25) is 0 Å². The Morgan fingerprint density at radius 3 is 2.33 bits per heavy atom. The van der Waals surface area contributed by atoms with Crippen LogP contribution in [0.25, 0.3) is 0 Å². The summed E-state index contributed by atoms with van der Waals surface area (Å²) in [7, 11) is 0. The maximum absolute atomic E-state index is 6.97. The van der Waals surface area contributed by atoms with E-state index in [0.29, 0.717) is 0 Å². The van der Waals surface area contributed by atoms with Crippen LogP contribution in [0, 0.1) is 35.5 Å². The molecule has 0 saturated heterocycles. The number of nitrogens with two attached hydrogens (primary N) is 1. The number of hydrogen-bond donors (Lipinski definition) is 1. The predicted molar refractivity (Wildman–Crippen MR) is 75.1 cm³/mol. The Bertz CT molecular complexity index is 325. The summed E-state index contributed by atoms with van der Waals surface area (Å²) < 4.78 is 0. The fraction of sp³-hybridized carbons (Fsp3) is 1.00. The van der Waals surface area contributed by atoms with Gasteiger partial charge in [0.15, 0.2) is 0 Å². The zero-order valence-electron chi connectivity index (χ0n) is 11.9. The lowest BCUT2D eigenvalue weighted by molar-refractivity contribution is 0.0617. The van der Waals surface area contributed by atoms with Gasteiger partial charge in [-0.05, 0) is 81.0 Å². The molecule has 5 aliphatic carbocycles. The molecular weight excluding hydrogens is 218 g/mol. The maximum Gasteiger partial charge on any atom is 0.0188 e. The van der Waals surface area contributed by atoms with Crippen molar-refractivity contribution < 1.29 is 0 Å². The minimum atomic E-state index is 0.153. The van der Waals surface area contributed by atoms with E-state index in [1.165, 1.54) is 51.4 Å². The van der Waals surface area contributed by atoms with Gasteiger partial charge >= 0.3 is 0 Å². The number of hydrogen-bond acceptors (Lipinski definition) is 1. The third-order valence-corrected chi connectivity index (χ3v) is 7.26. The lowest BCUT2D eigenvalue weighted by Crippen LogP contribution is -2.55. The van der Waals surface area contributed by atoms with Gasteiger partial charge in [-0.25, -0.2) is 0 Å². The van der Waals surface area contributed by atoms with Crippen LogP contribution in [0.1, 0.15) is 64.7 Å². The second kappa shape index (κ2) is 3.98. The lowest BCUT2D eigenvalue weighted by Gasteiger charge is -2.48. The highest BCUT2D eigenvalue weighted by atomic mass is 14.8. The summed E-state index contributed by atoms with van der Waals surface area (Å²) in [6, 6.07) is 0. The first kappa shape index (κ1) is 11.8. The molecule has 5 rings (SSSR count). The minimum absolute atomic E-state index is 0.153. The Hall–Kier alpha value is -0.0400. The van der Waals surface area contributed by atoms with Gasteiger partial charge in [0.05, 0.1) is 0 Å². The summed E-state index contributed by atoms with van der Waals surface area (Å²) in [6.45, 7) is 2.43. The Labute approximate surface area is 112 Å². The van der Waals surface area contributed by atoms with Crippen LogP contribution in [-0.2, 0) is 0 Å². The molecule has 1 heteroatoms. The van der Waals surface area contributed by atoms with E-state index < -0.39 is 0 Å². The van der Waals surface area contributed by atoms with Gasteiger partial charge in [0, 0.05) is 5.54 Å². The molecule has 0 heterocycles. The molecule has 5 saturated carbocycles. The monoisotopic (exact) mass is 247 g/mol. The molecule has 1 nitrogen and oxygen atoms in total. The summed E-state index contributed by atoms with van der Waals surface area (Å²) in [5.41, 5.74) is 7.12. The van der Waals surface area contributed by atoms with Crippen LogP contribution in [0.3, 0.4) is 0 Å². The largest absolute Gasteiger partial charge is 0.325 e. The third kappa shape index (κ3) is 1.55. The first-order chi connectivity index (χ1) is 8.66. The van der Waals surface area contributed by atoms with Crippen molar-refractivity contribution in [3.05, 3.63) is 0 Å². The molecule has 18 heavy (non-hydrogen) atoms. The van der Waals surface area contributed by atoms with Crippen molar-refractivity contribution in [2.75, 3.05) is 0 Å². The van der Waals surface area contributed by atoms with Gasteiger partial charge in [-0.1, -0.05) is 19.3 Å². The molecule has 6 atom stereocenters. The van der Waals surface area contributed by atoms with Crippen LogP contribution in [0.5, 0.6) is 0 Å². The molecule has 5 fully saturated rings. The van der Waals surface area contributed by atoms with E-state index in [-0.39, 0.29) is 5.54 Å². The van der Waals surface area contributed by atoms with Gasteiger partial charge in [0.25, 0.3) is 0 Å². The van der Waals surface area contributed by atoms with Crippen LogP contribution in [-0.4, -0.2) is 5.54 Å². The lowest BCUT2D eigenvalue weighted by atomic mass is 9.61. The second-order valence-electron chi connectivity index (χ2n) is 8.22. The fourth-order valence-corrected chi connectivity index (χ4v) is 6.70. The highest BCUT2D eigenvalue weighted by Gasteiger charge is 2.59. The molecule has 0 aromatic heterocycles. The SMILES string of the molecule is CC(N)(C1CCCCC1)C1C2CC3CC(C2)C1C3. The number of rotatable bonds is 2. The Balaban J connectivity index is 1.58. The van der Waals surface area contributed by atoms with Crippen molar-refractivity contribution in [1.29, 1.82) is 0 Å². The highest BCUT2D eigenvalue weighted by molar-refractivity contribution is 5.11.